The molecule has 1 aliphatic heterocycles. The fourth-order valence-corrected chi connectivity index (χ4v) is 3.47. The van der Waals surface area contributed by atoms with Crippen molar-refractivity contribution in [3.8, 4) is 0 Å². The summed E-state index contributed by atoms with van der Waals surface area (Å²) in [5, 5.41) is 19.2. The molecule has 0 unspecified atom stereocenters. The predicted molar refractivity (Wildman–Crippen MR) is 89.0 cm³/mol. The maximum atomic E-state index is 12.4. The van der Waals surface area contributed by atoms with Gasteiger partial charge in [0.25, 0.3) is 0 Å². The summed E-state index contributed by atoms with van der Waals surface area (Å²) >= 11 is 1.49. The van der Waals surface area contributed by atoms with Crippen molar-refractivity contribution in [3.05, 3.63) is 23.2 Å². The van der Waals surface area contributed by atoms with Gasteiger partial charge in [-0.25, -0.2) is 4.98 Å². The average Bonchev–Trinajstić information content (AvgIpc) is 3.23. The third-order valence-corrected chi connectivity index (χ3v) is 4.92. The number of hydrogen-bond donors (Lipinski definition) is 1. The van der Waals surface area contributed by atoms with Gasteiger partial charge in [0.05, 0.1) is 0 Å². The fourth-order valence-electron chi connectivity index (χ4n) is 2.80. The summed E-state index contributed by atoms with van der Waals surface area (Å²) in [6.45, 7) is 3.52. The minimum atomic E-state index is 0.00206. The molecule has 24 heavy (non-hydrogen) atoms. The summed E-state index contributed by atoms with van der Waals surface area (Å²) < 4.78 is 1.42. The molecule has 0 aliphatic carbocycles. The van der Waals surface area contributed by atoms with Gasteiger partial charge in [0.2, 0.25) is 5.91 Å². The zero-order valence-corrected chi connectivity index (χ0v) is 13.9. The highest BCUT2D eigenvalue weighted by Gasteiger charge is 2.26. The van der Waals surface area contributed by atoms with E-state index in [4.69, 9.17) is 0 Å². The Morgan fingerprint density at radius 3 is 2.92 bits per heavy atom. The number of aromatic nitrogens is 6. The van der Waals surface area contributed by atoms with Crippen molar-refractivity contribution in [2.24, 2.45) is 5.92 Å². The van der Waals surface area contributed by atoms with Crippen LogP contribution in [0.5, 0.6) is 0 Å². The monoisotopic (exact) mass is 344 g/mol. The van der Waals surface area contributed by atoms with Crippen molar-refractivity contribution in [1.82, 2.24) is 30.2 Å². The number of nitrogens with zero attached hydrogens (tertiary/aromatic N) is 7. The number of carbonyl (C=O) groups is 1. The molecule has 1 fully saturated rings. The van der Waals surface area contributed by atoms with E-state index in [0.717, 1.165) is 36.6 Å². The summed E-state index contributed by atoms with van der Waals surface area (Å²) in [5.74, 6) is 0.874. The van der Waals surface area contributed by atoms with E-state index in [1.165, 1.54) is 16.0 Å². The van der Waals surface area contributed by atoms with Crippen LogP contribution in [0.4, 0.5) is 10.9 Å². The molecule has 0 aromatic carbocycles. The van der Waals surface area contributed by atoms with E-state index in [-0.39, 0.29) is 11.8 Å². The first-order chi connectivity index (χ1) is 11.7. The van der Waals surface area contributed by atoms with E-state index in [0.29, 0.717) is 10.8 Å². The Kier molecular flexibility index (Phi) is 3.81. The van der Waals surface area contributed by atoms with Crippen LogP contribution in [-0.2, 0) is 4.79 Å². The average molecular weight is 344 g/mol. The molecule has 4 rings (SSSR count). The summed E-state index contributed by atoms with van der Waals surface area (Å²) in [6, 6.07) is 3.75. The van der Waals surface area contributed by atoms with Crippen molar-refractivity contribution in [2.45, 2.75) is 19.8 Å². The molecule has 3 aromatic rings. The van der Waals surface area contributed by atoms with Crippen molar-refractivity contribution in [1.29, 1.82) is 0 Å². The zero-order valence-electron chi connectivity index (χ0n) is 13.1. The van der Waals surface area contributed by atoms with E-state index < -0.39 is 0 Å². The normalized spacial score (nSPS) is 15.8. The van der Waals surface area contributed by atoms with Crippen LogP contribution in [-0.4, -0.2) is 49.2 Å². The lowest BCUT2D eigenvalue weighted by molar-refractivity contribution is -0.120. The van der Waals surface area contributed by atoms with Crippen LogP contribution < -0.4 is 10.2 Å². The molecule has 1 aliphatic rings. The van der Waals surface area contributed by atoms with Gasteiger partial charge in [-0.3, -0.25) is 4.79 Å². The highest BCUT2D eigenvalue weighted by atomic mass is 32.1. The second kappa shape index (κ2) is 6.11. The molecule has 10 heteroatoms. The van der Waals surface area contributed by atoms with Gasteiger partial charge in [-0.05, 0) is 42.3 Å². The summed E-state index contributed by atoms with van der Waals surface area (Å²) in [4.78, 5) is 19.8. The van der Waals surface area contributed by atoms with Gasteiger partial charge in [-0.1, -0.05) is 0 Å². The van der Waals surface area contributed by atoms with Crippen LogP contribution in [0.1, 0.15) is 17.7 Å². The number of anilines is 2. The Hall–Kier alpha value is -2.62. The quantitative estimate of drug-likeness (QED) is 0.760. The smallest absolute Gasteiger partial charge is 0.229 e. The van der Waals surface area contributed by atoms with E-state index in [9.17, 15) is 4.79 Å². The SMILES string of the molecule is Cc1cnc(NC(=O)C2CCN(c3ccc4nnnn4n3)CC2)s1. The van der Waals surface area contributed by atoms with Gasteiger partial charge in [0, 0.05) is 30.1 Å². The molecule has 0 bridgehead atoms. The number of tetrazole rings is 1. The van der Waals surface area contributed by atoms with Gasteiger partial charge in [-0.15, -0.1) is 26.2 Å². The van der Waals surface area contributed by atoms with E-state index >= 15 is 0 Å². The highest BCUT2D eigenvalue weighted by molar-refractivity contribution is 7.15. The first-order valence-corrected chi connectivity index (χ1v) is 8.54. The van der Waals surface area contributed by atoms with Gasteiger partial charge in [-0.2, -0.15) is 0 Å². The molecule has 0 atom stereocenters. The maximum absolute atomic E-state index is 12.4. The number of thiazole rings is 1. The second-order valence-corrected chi connectivity index (χ2v) is 6.98. The highest BCUT2D eigenvalue weighted by Crippen LogP contribution is 2.24. The number of fused-ring (bicyclic) bond motifs is 1. The van der Waals surface area contributed by atoms with Crippen molar-refractivity contribution in [3.63, 3.8) is 0 Å². The lowest BCUT2D eigenvalue weighted by Crippen LogP contribution is -2.38. The molecule has 124 valence electrons. The Bertz CT molecular complexity index is 866. The van der Waals surface area contributed by atoms with Crippen LogP contribution in [0.15, 0.2) is 18.3 Å². The van der Waals surface area contributed by atoms with Crippen molar-refractivity contribution >= 4 is 33.8 Å². The second-order valence-electron chi connectivity index (χ2n) is 5.74. The molecule has 4 heterocycles. The minimum absolute atomic E-state index is 0.00206. The van der Waals surface area contributed by atoms with E-state index in [2.05, 4.69) is 35.8 Å². The van der Waals surface area contributed by atoms with Crippen molar-refractivity contribution in [2.75, 3.05) is 23.3 Å². The topological polar surface area (TPSA) is 101 Å². The molecular weight excluding hydrogens is 328 g/mol. The molecule has 9 nitrogen and oxygen atoms in total. The first kappa shape index (κ1) is 14.9. The molecule has 3 aromatic heterocycles. The molecule has 1 saturated heterocycles. The third-order valence-electron chi connectivity index (χ3n) is 4.10. The fraction of sp³-hybridized carbons (Fsp3) is 0.429. The molecule has 0 radical (unpaired) electrons. The molecule has 1 amide bonds. The van der Waals surface area contributed by atoms with Gasteiger partial charge >= 0.3 is 0 Å². The zero-order chi connectivity index (χ0) is 16.5. The summed E-state index contributed by atoms with van der Waals surface area (Å²) in [6.07, 6.45) is 3.33. The summed E-state index contributed by atoms with van der Waals surface area (Å²) in [5.41, 5.74) is 0.617. The Morgan fingerprint density at radius 2 is 2.17 bits per heavy atom. The Labute approximate surface area is 141 Å². The number of rotatable bonds is 3. The number of hydrogen-bond acceptors (Lipinski definition) is 8. The third kappa shape index (κ3) is 2.92. The van der Waals surface area contributed by atoms with Crippen LogP contribution >= 0.6 is 11.3 Å². The van der Waals surface area contributed by atoms with E-state index in [1.807, 2.05) is 19.1 Å². The number of amides is 1. The molecule has 1 N–H and O–H groups in total. The Balaban J connectivity index is 1.38. The van der Waals surface area contributed by atoms with Crippen LogP contribution in [0.3, 0.4) is 0 Å². The molecule has 0 spiro atoms. The number of carbonyl (C=O) groups excluding carboxylic acids is 1. The lowest BCUT2D eigenvalue weighted by Gasteiger charge is -2.31. The largest absolute Gasteiger partial charge is 0.355 e. The molecular formula is C14H16N8OS. The molecule has 0 saturated carbocycles. The van der Waals surface area contributed by atoms with Crippen LogP contribution in [0.25, 0.3) is 5.65 Å². The van der Waals surface area contributed by atoms with Gasteiger partial charge < -0.3 is 10.2 Å². The van der Waals surface area contributed by atoms with E-state index in [1.54, 1.807) is 6.20 Å². The number of nitrogens with one attached hydrogen (secondary N) is 1. The van der Waals surface area contributed by atoms with Gasteiger partial charge in [0.15, 0.2) is 16.6 Å². The van der Waals surface area contributed by atoms with Crippen LogP contribution in [0.2, 0.25) is 0 Å². The summed E-state index contributed by atoms with van der Waals surface area (Å²) in [7, 11) is 0. The number of aryl methyl sites for hydroxylation is 1. The van der Waals surface area contributed by atoms with Crippen molar-refractivity contribution < 1.29 is 4.79 Å². The number of piperidine rings is 1. The predicted octanol–water partition coefficient (Wildman–Crippen LogP) is 1.14. The standard InChI is InChI=1S/C14H16N8OS/c1-9-8-15-14(24-9)16-13(23)10-4-6-21(7-5-10)12-3-2-11-17-19-20-22(11)18-12/h2-3,8,10H,4-7H2,1H3,(H,15,16,23). The maximum Gasteiger partial charge on any atom is 0.229 e. The Morgan fingerprint density at radius 1 is 1.33 bits per heavy atom. The lowest BCUT2D eigenvalue weighted by atomic mass is 9.96. The first-order valence-electron chi connectivity index (χ1n) is 7.73. The minimum Gasteiger partial charge on any atom is -0.355 e. The van der Waals surface area contributed by atoms with Crippen LogP contribution in [0, 0.1) is 12.8 Å². The van der Waals surface area contributed by atoms with Gasteiger partial charge in [0.1, 0.15) is 0 Å².